The molecular weight excluding hydrogens is 1060 g/mol. The Balaban J connectivity index is 0.572. The Morgan fingerprint density at radius 1 is 0.817 bits per heavy atom. The number of carbonyl (C=O) groups excluding carboxylic acids is 2. The summed E-state index contributed by atoms with van der Waals surface area (Å²) in [5, 5.41) is 37.5. The number of pyridine rings is 1. The predicted molar refractivity (Wildman–Crippen MR) is 316 cm³/mol. The molecule has 2 amide bonds. The van der Waals surface area contributed by atoms with Gasteiger partial charge in [0.2, 0.25) is 17.7 Å². The van der Waals surface area contributed by atoms with Crippen LogP contribution < -0.4 is 30.5 Å². The third-order valence-electron chi connectivity index (χ3n) is 18.5. The first-order chi connectivity index (χ1) is 39.7. The van der Waals surface area contributed by atoms with Crippen LogP contribution in [0.5, 0.6) is 11.6 Å². The summed E-state index contributed by atoms with van der Waals surface area (Å²) in [5.74, 6) is 1.67. The Labute approximate surface area is 484 Å². The number of rotatable bonds is 17. The van der Waals surface area contributed by atoms with Gasteiger partial charge in [0.1, 0.15) is 23.8 Å². The molecule has 3 unspecified atom stereocenters. The molecule has 0 radical (unpaired) electrons. The molecule has 6 aromatic rings. The van der Waals surface area contributed by atoms with Gasteiger partial charge in [-0.25, -0.2) is 9.97 Å². The summed E-state index contributed by atoms with van der Waals surface area (Å²) in [6, 6.07) is 23.3. The summed E-state index contributed by atoms with van der Waals surface area (Å²) in [6.07, 6.45) is 9.76. The summed E-state index contributed by atoms with van der Waals surface area (Å²) < 4.78 is 19.1. The predicted octanol–water partition coefficient (Wildman–Crippen LogP) is 8.38. The first-order valence-electron chi connectivity index (χ1n) is 29.7. The van der Waals surface area contributed by atoms with Crippen LogP contribution in [0.4, 0.5) is 23.0 Å². The number of likely N-dealkylation sites (tertiary alicyclic amines) is 2. The van der Waals surface area contributed by atoms with E-state index in [4.69, 9.17) is 19.7 Å². The molecule has 6 aliphatic rings. The van der Waals surface area contributed by atoms with E-state index >= 15 is 0 Å². The van der Waals surface area contributed by atoms with Gasteiger partial charge in [0.15, 0.2) is 17.4 Å². The Hall–Kier alpha value is -6.87. The highest BCUT2D eigenvalue weighted by molar-refractivity contribution is 7.13. The maximum absolute atomic E-state index is 14.4. The van der Waals surface area contributed by atoms with Gasteiger partial charge in [-0.3, -0.25) is 9.59 Å². The highest BCUT2D eigenvalue weighted by atomic mass is 32.1. The number of ether oxygens (including phenoxy) is 2. The zero-order chi connectivity index (χ0) is 56.8. The molecular formula is C62H78N12O7S. The van der Waals surface area contributed by atoms with Crippen LogP contribution in [-0.4, -0.2) is 152 Å². The van der Waals surface area contributed by atoms with Crippen LogP contribution in [0.1, 0.15) is 114 Å². The molecule has 12 rings (SSSR count). The zero-order valence-electron chi connectivity index (χ0n) is 47.7. The van der Waals surface area contributed by atoms with Crippen molar-refractivity contribution >= 4 is 46.2 Å². The van der Waals surface area contributed by atoms with Gasteiger partial charge >= 0.3 is 0 Å². The first-order valence-corrected chi connectivity index (χ1v) is 30.6. The molecule has 1 aliphatic carbocycles. The number of piperidine rings is 2. The number of β-amino-alcohol motifs (C(OH)–C–C–N with tert-alkyl or cyclic N) is 1. The van der Waals surface area contributed by atoms with Gasteiger partial charge in [0.05, 0.1) is 51.8 Å². The monoisotopic (exact) mass is 1130 g/mol. The van der Waals surface area contributed by atoms with E-state index < -0.39 is 18.1 Å². The van der Waals surface area contributed by atoms with Gasteiger partial charge in [-0.2, -0.15) is 0 Å². The van der Waals surface area contributed by atoms with Crippen LogP contribution in [0.15, 0.2) is 89.0 Å². The second-order valence-electron chi connectivity index (χ2n) is 24.2. The molecule has 2 aromatic carbocycles. The number of phenolic OH excluding ortho intramolecular Hbond substituents is 1. The number of anilines is 4. The lowest BCUT2D eigenvalue weighted by Gasteiger charge is -2.44. The Kier molecular flexibility index (Phi) is 16.1. The Bertz CT molecular complexity index is 3180. The van der Waals surface area contributed by atoms with Gasteiger partial charge in [-0.15, -0.1) is 21.5 Å². The topological polar surface area (TPSA) is 225 Å². The van der Waals surface area contributed by atoms with Crippen molar-refractivity contribution in [1.82, 2.24) is 40.4 Å². The molecule has 20 heteroatoms. The Morgan fingerprint density at radius 3 is 2.27 bits per heavy atom. The number of hydrogen-bond donors (Lipinski definition) is 4. The van der Waals surface area contributed by atoms with E-state index in [-0.39, 0.29) is 60.8 Å². The largest absolute Gasteiger partial charge is 0.507 e. The number of nitrogens with one attached hydrogen (secondary N) is 1. The standard InChI is InChI=1S/C62H78N12O7S/c1-36(2)58(62(78)73-34-46(75)27-53(73)61(77)66-37(3)40-10-12-42(13-11-40)59-38(4)65-35-82-59)55-31-56(69-81-55)71-22-17-41(18-23-71)39(5)70-24-19-47(20-25-70)79-48-28-49(29-48)80-57-26-43(16-21-64-57)74-44-14-15-45(74)33-72(32-44)52-30-51(67-68-60(52)63)50-8-6-7-9-54(50)76/h6-13,16,21,26,30-31,35-37,39,41,44-49,53,58,75-76H,14-15,17-20,22-25,27-29,32-34H2,1-5H3,(H2,63,68)(H,66,77)/t37-,39?,44?,45?,46+,48-,49-,53-,58-/m0/s1. The Morgan fingerprint density at radius 2 is 1.56 bits per heavy atom. The van der Waals surface area contributed by atoms with E-state index in [0.717, 1.165) is 130 Å². The molecule has 4 aromatic heterocycles. The number of para-hydroxylation sites is 1. The van der Waals surface area contributed by atoms with Crippen molar-refractivity contribution in [2.75, 3.05) is 66.2 Å². The average molecular weight is 1140 g/mol. The maximum atomic E-state index is 14.4. The molecule has 5 N–H and O–H groups in total. The number of hydrogen-bond acceptors (Lipinski definition) is 18. The smallest absolute Gasteiger partial charge is 0.243 e. The van der Waals surface area contributed by atoms with Crippen LogP contribution in [0.25, 0.3) is 21.7 Å². The molecule has 434 valence electrons. The van der Waals surface area contributed by atoms with Gasteiger partial charge in [-0.1, -0.05) is 55.4 Å². The lowest BCUT2D eigenvalue weighted by molar-refractivity contribution is -0.141. The molecule has 19 nitrogen and oxygen atoms in total. The normalized spacial score (nSPS) is 24.6. The number of aromatic hydroxyl groups is 1. The number of aromatic nitrogens is 5. The highest BCUT2D eigenvalue weighted by Crippen LogP contribution is 2.41. The summed E-state index contributed by atoms with van der Waals surface area (Å²) in [4.78, 5) is 49.7. The zero-order valence-corrected chi connectivity index (χ0v) is 48.5. The number of amides is 2. The fourth-order valence-corrected chi connectivity index (χ4v) is 14.6. The SMILES string of the molecule is Cc1ncsc1-c1ccc([C@H](C)NC(=O)[C@@H]2C[C@@H](O)CN2C(=O)[C@H](c2cc(N3CCC(C(C)N4CCC(O[C@H]5C[C@H](Oc6cc(N7C8CCC7CN(c7cc(-c9ccccc9O)nnc7N)C8)ccn6)C5)CC4)CC3)no2)C(C)C)cc1. The minimum absolute atomic E-state index is 0.0815. The van der Waals surface area contributed by atoms with Crippen molar-refractivity contribution in [1.29, 1.82) is 0 Å². The van der Waals surface area contributed by atoms with Gasteiger partial charge in [0, 0.05) is 113 Å². The van der Waals surface area contributed by atoms with Crippen LogP contribution in [0.2, 0.25) is 0 Å². The molecule has 1 saturated carbocycles. The van der Waals surface area contributed by atoms with Gasteiger partial charge in [-0.05, 0) is 107 Å². The summed E-state index contributed by atoms with van der Waals surface area (Å²) >= 11 is 1.60. The van der Waals surface area contributed by atoms with Crippen molar-refractivity contribution < 1.29 is 33.8 Å². The lowest BCUT2D eigenvalue weighted by Crippen LogP contribution is -2.54. The van der Waals surface area contributed by atoms with E-state index in [0.29, 0.717) is 52.8 Å². The fraction of sp³-hybridized carbons (Fsp3) is 0.532. The number of phenols is 1. The van der Waals surface area contributed by atoms with Crippen molar-refractivity contribution in [3.8, 4) is 33.3 Å². The number of fused-ring (bicyclic) bond motifs is 2. The molecule has 2 bridgehead atoms. The summed E-state index contributed by atoms with van der Waals surface area (Å²) in [5.41, 5.74) is 14.5. The van der Waals surface area contributed by atoms with E-state index in [1.165, 1.54) is 0 Å². The number of aliphatic hydroxyl groups is 1. The minimum atomic E-state index is -0.805. The van der Waals surface area contributed by atoms with Crippen molar-refractivity contribution in [2.45, 2.75) is 153 Å². The van der Waals surface area contributed by atoms with Crippen LogP contribution in [0, 0.1) is 18.8 Å². The number of aliphatic hydroxyl groups excluding tert-OH is 1. The molecule has 82 heavy (non-hydrogen) atoms. The van der Waals surface area contributed by atoms with Gasteiger partial charge < -0.3 is 59.8 Å². The van der Waals surface area contributed by atoms with Crippen LogP contribution in [0.3, 0.4) is 0 Å². The first kappa shape index (κ1) is 55.7. The quantitative estimate of drug-likeness (QED) is 0.0673. The fourth-order valence-electron chi connectivity index (χ4n) is 13.8. The molecule has 6 fully saturated rings. The van der Waals surface area contributed by atoms with Gasteiger partial charge in [0.25, 0.3) is 0 Å². The second kappa shape index (κ2) is 23.8. The minimum Gasteiger partial charge on any atom is -0.507 e. The van der Waals surface area contributed by atoms with E-state index in [9.17, 15) is 19.8 Å². The second-order valence-corrected chi connectivity index (χ2v) is 25.0. The van der Waals surface area contributed by atoms with E-state index in [1.54, 1.807) is 28.4 Å². The van der Waals surface area contributed by atoms with E-state index in [2.05, 4.69) is 69.3 Å². The number of nitrogens with two attached hydrogens (primary N) is 1. The summed E-state index contributed by atoms with van der Waals surface area (Å²) in [6.45, 7) is 15.7. The summed E-state index contributed by atoms with van der Waals surface area (Å²) in [7, 11) is 0. The van der Waals surface area contributed by atoms with Crippen LogP contribution in [-0.2, 0) is 14.3 Å². The molecule has 5 saturated heterocycles. The van der Waals surface area contributed by atoms with Crippen molar-refractivity contribution in [3.05, 3.63) is 102 Å². The molecule has 5 aliphatic heterocycles. The number of nitrogen functional groups attached to an aromatic ring is 1. The number of aryl methyl sites for hydroxylation is 1. The number of carbonyl (C=O) groups is 2. The number of piperazine rings is 1. The van der Waals surface area contributed by atoms with Crippen LogP contribution >= 0.6 is 11.3 Å². The number of thiazole rings is 1. The molecule has 0 spiro atoms. The molecule has 7 atom stereocenters. The van der Waals surface area contributed by atoms with E-state index in [1.807, 2.05) is 87.9 Å². The van der Waals surface area contributed by atoms with Crippen molar-refractivity contribution in [3.63, 3.8) is 0 Å². The number of nitrogens with zero attached hydrogens (tertiary/aromatic N) is 10. The average Bonchev–Trinajstić information content (AvgIpc) is 4.45. The third-order valence-corrected chi connectivity index (χ3v) is 19.5. The maximum Gasteiger partial charge on any atom is 0.243 e. The van der Waals surface area contributed by atoms with Crippen molar-refractivity contribution in [2.24, 2.45) is 11.8 Å². The lowest BCUT2D eigenvalue weighted by atomic mass is 9.88. The third kappa shape index (κ3) is 11.6. The number of benzene rings is 2. The highest BCUT2D eigenvalue weighted by Gasteiger charge is 2.45. The molecule has 9 heterocycles.